The molecule has 23 heavy (non-hydrogen) atoms. The first-order valence-electron chi connectivity index (χ1n) is 5.91. The number of benzene rings is 1. The predicted molar refractivity (Wildman–Crippen MR) is 82.9 cm³/mol. The molecule has 11 heteroatoms. The number of hydrogen-bond acceptors (Lipinski definition) is 5. The van der Waals surface area contributed by atoms with E-state index >= 15 is 0 Å². The molecule has 0 aliphatic carbocycles. The highest BCUT2D eigenvalue weighted by Crippen LogP contribution is 2.33. The quantitative estimate of drug-likeness (QED) is 0.353. The predicted octanol–water partition coefficient (Wildman–Crippen LogP) is 2.47. The summed E-state index contributed by atoms with van der Waals surface area (Å²) in [6.45, 7) is 0.294. The van der Waals surface area contributed by atoms with Gasteiger partial charge in [0.25, 0.3) is 0 Å². The minimum Gasteiger partial charge on any atom is -0.607 e. The molecule has 0 bridgehead atoms. The number of nitrogens with zero attached hydrogens (tertiary/aromatic N) is 1. The molecule has 1 atom stereocenters. The number of primary sulfonamides is 1. The third-order valence-electron chi connectivity index (χ3n) is 2.46. The van der Waals surface area contributed by atoms with Crippen LogP contribution >= 0.6 is 12.2 Å². The van der Waals surface area contributed by atoms with Gasteiger partial charge in [-0.25, -0.2) is 18.5 Å². The van der Waals surface area contributed by atoms with Gasteiger partial charge in [-0.05, 0) is 30.8 Å². The number of halogens is 3. The van der Waals surface area contributed by atoms with E-state index in [1.165, 1.54) is 6.08 Å². The zero-order valence-corrected chi connectivity index (χ0v) is 13.9. The van der Waals surface area contributed by atoms with Crippen LogP contribution < -0.4 is 5.14 Å². The molecule has 0 aliphatic rings. The highest BCUT2D eigenvalue weighted by molar-refractivity contribution is 7.94. The van der Waals surface area contributed by atoms with Crippen molar-refractivity contribution in [2.45, 2.75) is 22.4 Å². The summed E-state index contributed by atoms with van der Waals surface area (Å²) in [4.78, 5) is 2.53. The standard InChI is InChI=1S/C12H11F3N2O3S3/c13-12(14,15)9-5-10(7-11(6-9)23(16,19)20)22(18)4-2-1-3-17-8-21/h2,4-7H,1,3H2,(H2,16,19,20). The van der Waals surface area contributed by atoms with Crippen LogP contribution in [-0.2, 0) is 27.4 Å². The van der Waals surface area contributed by atoms with Crippen molar-refractivity contribution in [2.75, 3.05) is 6.54 Å². The summed E-state index contributed by atoms with van der Waals surface area (Å²) in [7, 11) is -4.37. The first-order chi connectivity index (χ1) is 10.6. The minimum absolute atomic E-state index is 0.294. The largest absolute Gasteiger partial charge is 0.607 e. The van der Waals surface area contributed by atoms with E-state index in [4.69, 9.17) is 5.14 Å². The molecule has 0 saturated heterocycles. The fourth-order valence-corrected chi connectivity index (χ4v) is 3.14. The van der Waals surface area contributed by atoms with E-state index in [-0.39, 0.29) is 4.90 Å². The monoisotopic (exact) mass is 384 g/mol. The van der Waals surface area contributed by atoms with Gasteiger partial charge in [-0.15, -0.1) is 0 Å². The fraction of sp³-hybridized carbons (Fsp3) is 0.250. The molecule has 2 N–H and O–H groups in total. The van der Waals surface area contributed by atoms with Crippen molar-refractivity contribution in [1.82, 2.24) is 0 Å². The molecule has 0 saturated carbocycles. The number of sulfonamides is 1. The van der Waals surface area contributed by atoms with Crippen LogP contribution in [0.2, 0.25) is 0 Å². The van der Waals surface area contributed by atoms with Crippen molar-refractivity contribution in [2.24, 2.45) is 10.1 Å². The lowest BCUT2D eigenvalue weighted by atomic mass is 10.2. The second-order valence-corrected chi connectivity index (χ2v) is 7.25. The Morgan fingerprint density at radius 2 is 2.04 bits per heavy atom. The Balaban J connectivity index is 3.17. The summed E-state index contributed by atoms with van der Waals surface area (Å²) in [5.41, 5.74) is -1.24. The average molecular weight is 384 g/mol. The van der Waals surface area contributed by atoms with Crippen LogP contribution in [0.3, 0.4) is 0 Å². The van der Waals surface area contributed by atoms with Gasteiger partial charge >= 0.3 is 6.18 Å². The van der Waals surface area contributed by atoms with Crippen LogP contribution in [0.5, 0.6) is 0 Å². The molecule has 0 aromatic heterocycles. The molecule has 5 nitrogen and oxygen atoms in total. The normalized spacial score (nSPS) is 13.8. The third-order valence-corrected chi connectivity index (χ3v) is 4.62. The molecule has 0 amide bonds. The van der Waals surface area contributed by atoms with E-state index in [1.54, 1.807) is 0 Å². The highest BCUT2D eigenvalue weighted by atomic mass is 32.2. The Morgan fingerprint density at radius 1 is 1.39 bits per heavy atom. The van der Waals surface area contributed by atoms with Crippen LogP contribution in [0.15, 0.2) is 44.5 Å². The first-order valence-corrected chi connectivity index (χ1v) is 9.08. The van der Waals surface area contributed by atoms with Gasteiger partial charge in [-0.2, -0.15) is 13.2 Å². The number of hydrogen-bond donors (Lipinski definition) is 1. The van der Waals surface area contributed by atoms with E-state index in [9.17, 15) is 26.1 Å². The maximum atomic E-state index is 12.8. The van der Waals surface area contributed by atoms with Crippen molar-refractivity contribution in [3.63, 3.8) is 0 Å². The van der Waals surface area contributed by atoms with Gasteiger partial charge in [0.05, 0.1) is 22.2 Å². The lowest BCUT2D eigenvalue weighted by Gasteiger charge is -2.12. The number of thiocarbonyl (C=S) groups is 1. The summed E-state index contributed by atoms with van der Waals surface area (Å²) >= 11 is 2.38. The second kappa shape index (κ2) is 8.04. The van der Waals surface area contributed by atoms with E-state index in [0.29, 0.717) is 25.1 Å². The highest BCUT2D eigenvalue weighted by Gasteiger charge is 2.33. The van der Waals surface area contributed by atoms with E-state index in [2.05, 4.69) is 22.4 Å². The van der Waals surface area contributed by atoms with Crippen molar-refractivity contribution in [3.8, 4) is 0 Å². The zero-order valence-electron chi connectivity index (χ0n) is 11.4. The average Bonchev–Trinajstić information content (AvgIpc) is 2.44. The van der Waals surface area contributed by atoms with Gasteiger partial charge in [0.2, 0.25) is 10.0 Å². The number of isothiocyanates is 1. The summed E-state index contributed by atoms with van der Waals surface area (Å²) in [5.74, 6) is 0. The molecule has 0 radical (unpaired) electrons. The van der Waals surface area contributed by atoms with Crippen molar-refractivity contribution in [1.29, 1.82) is 0 Å². The van der Waals surface area contributed by atoms with Crippen LogP contribution in [0, 0.1) is 0 Å². The van der Waals surface area contributed by atoms with Crippen molar-refractivity contribution < 1.29 is 26.1 Å². The van der Waals surface area contributed by atoms with Gasteiger partial charge < -0.3 is 4.55 Å². The molecular formula is C12H11F3N2O3S3. The first kappa shape index (κ1) is 19.8. The lowest BCUT2D eigenvalue weighted by Crippen LogP contribution is -2.15. The summed E-state index contributed by atoms with van der Waals surface area (Å²) < 4.78 is 73.0. The molecule has 1 aromatic rings. The van der Waals surface area contributed by atoms with Gasteiger partial charge in [-0.1, -0.05) is 0 Å². The summed E-state index contributed by atoms with van der Waals surface area (Å²) in [6.07, 6.45) is -3.00. The van der Waals surface area contributed by atoms with Crippen LogP contribution in [0.1, 0.15) is 12.0 Å². The smallest absolute Gasteiger partial charge is 0.416 e. The SMILES string of the molecule is NS(=O)(=O)c1cc([S+]([O-])C=CCCN=C=S)cc(C(F)(F)F)c1. The molecule has 0 aliphatic heterocycles. The van der Waals surface area contributed by atoms with Gasteiger partial charge in [0.15, 0.2) is 4.90 Å². The number of aliphatic imine (C=N–C) groups is 1. The number of rotatable bonds is 6. The fourth-order valence-electron chi connectivity index (χ4n) is 1.43. The molecule has 0 spiro atoms. The topological polar surface area (TPSA) is 95.6 Å². The summed E-state index contributed by atoms with van der Waals surface area (Å²) in [6, 6.07) is 1.86. The number of alkyl halides is 3. The molecular weight excluding hydrogens is 373 g/mol. The van der Waals surface area contributed by atoms with Crippen LogP contribution in [0.4, 0.5) is 13.2 Å². The molecule has 1 unspecified atom stereocenters. The summed E-state index contributed by atoms with van der Waals surface area (Å²) in [5, 5.41) is 8.12. The van der Waals surface area contributed by atoms with Crippen molar-refractivity contribution in [3.05, 3.63) is 35.2 Å². The van der Waals surface area contributed by atoms with E-state index in [1.807, 2.05) is 0 Å². The maximum Gasteiger partial charge on any atom is 0.416 e. The molecule has 1 rings (SSSR count). The Morgan fingerprint density at radius 3 is 2.57 bits per heavy atom. The zero-order chi connectivity index (χ0) is 17.7. The Labute approximate surface area is 139 Å². The van der Waals surface area contributed by atoms with E-state index in [0.717, 1.165) is 11.5 Å². The minimum atomic E-state index is -4.79. The van der Waals surface area contributed by atoms with Crippen LogP contribution in [-0.4, -0.2) is 24.7 Å². The Hall–Kier alpha value is -1.23. The van der Waals surface area contributed by atoms with E-state index < -0.39 is 37.8 Å². The maximum absolute atomic E-state index is 12.8. The van der Waals surface area contributed by atoms with Crippen molar-refractivity contribution >= 4 is 38.6 Å². The van der Waals surface area contributed by atoms with Crippen LogP contribution in [0.25, 0.3) is 0 Å². The molecule has 0 heterocycles. The third kappa shape index (κ3) is 6.42. The molecule has 126 valence electrons. The van der Waals surface area contributed by atoms with Gasteiger partial charge in [0, 0.05) is 23.3 Å². The second-order valence-electron chi connectivity index (χ2n) is 4.17. The number of nitrogens with two attached hydrogens (primary N) is 1. The molecule has 0 fully saturated rings. The molecule has 1 aromatic carbocycles. The van der Waals surface area contributed by atoms with Gasteiger partial charge in [-0.3, -0.25) is 0 Å². The van der Waals surface area contributed by atoms with Gasteiger partial charge in [0.1, 0.15) is 5.41 Å². The lowest BCUT2D eigenvalue weighted by molar-refractivity contribution is -0.137. The Bertz CT molecular complexity index is 742. The Kier molecular flexibility index (Phi) is 6.93.